The molecule has 2 rings (SSSR count). The van der Waals surface area contributed by atoms with Crippen LogP contribution in [0, 0.1) is 9.39 Å². The minimum atomic E-state index is -0.713. The fourth-order valence-corrected chi connectivity index (χ4v) is 3.07. The van der Waals surface area contributed by atoms with Gasteiger partial charge in [-0.3, -0.25) is 4.79 Å². The van der Waals surface area contributed by atoms with E-state index in [0.29, 0.717) is 14.5 Å². The Morgan fingerprint density at radius 3 is 2.65 bits per heavy atom. The molecule has 0 radical (unpaired) electrons. The largest absolute Gasteiger partial charge is 0.461 e. The van der Waals surface area contributed by atoms with Crippen molar-refractivity contribution in [2.45, 2.75) is 20.3 Å². The van der Waals surface area contributed by atoms with Crippen molar-refractivity contribution in [3.63, 3.8) is 0 Å². The molecule has 1 aromatic heterocycles. The average molecular weight is 430 g/mol. The first-order chi connectivity index (χ1) is 10.9. The van der Waals surface area contributed by atoms with Gasteiger partial charge in [0.05, 0.1) is 6.61 Å². The maximum absolute atomic E-state index is 13.4. The molecule has 0 aliphatic heterocycles. The van der Waals surface area contributed by atoms with Crippen LogP contribution < -0.4 is 5.73 Å². The van der Waals surface area contributed by atoms with E-state index in [1.54, 1.807) is 19.9 Å². The summed E-state index contributed by atoms with van der Waals surface area (Å²) < 4.78 is 18.8. The number of Topliss-reactive ketones (excluding diaryl/α,β-unsaturated/α-hetero) is 1. The molecule has 5 nitrogen and oxygen atoms in total. The third kappa shape index (κ3) is 3.39. The first-order valence-electron chi connectivity index (χ1n) is 7.07. The molecule has 0 saturated heterocycles. The predicted octanol–water partition coefficient (Wildman–Crippen LogP) is 3.28. The number of aromatic amines is 1. The number of nitrogens with two attached hydrogens (primary N) is 1. The molecule has 0 unspecified atom stereocenters. The summed E-state index contributed by atoms with van der Waals surface area (Å²) in [7, 11) is 0. The molecule has 3 N–H and O–H groups in total. The second kappa shape index (κ2) is 7.12. The number of fused-ring (bicyclic) bond motifs is 1. The van der Waals surface area contributed by atoms with Crippen LogP contribution in [0.4, 0.5) is 4.39 Å². The second-order valence-electron chi connectivity index (χ2n) is 4.80. The number of allylic oxidation sites excluding steroid dienone is 1. The first kappa shape index (κ1) is 17.5. The molecule has 0 bridgehead atoms. The maximum atomic E-state index is 13.4. The number of hydrogen-bond acceptors (Lipinski definition) is 4. The molecule has 23 heavy (non-hydrogen) atoms. The highest BCUT2D eigenvalue weighted by Crippen LogP contribution is 2.27. The molecule has 0 saturated carbocycles. The molecule has 0 fully saturated rings. The summed E-state index contributed by atoms with van der Waals surface area (Å²) >= 11 is 1.97. The second-order valence-corrected chi connectivity index (χ2v) is 5.88. The number of ketones is 1. The minimum absolute atomic E-state index is 0.174. The molecule has 122 valence electrons. The Labute approximate surface area is 146 Å². The highest BCUT2D eigenvalue weighted by Gasteiger charge is 2.23. The quantitative estimate of drug-likeness (QED) is 0.330. The van der Waals surface area contributed by atoms with Crippen molar-refractivity contribution < 1.29 is 18.7 Å². The SMILES string of the molecule is CCOC(=O)C(N)=C(CC)C(=O)c1[nH]c2ccc(F)cc2c1I. The van der Waals surface area contributed by atoms with Crippen LogP contribution in [-0.2, 0) is 9.53 Å². The zero-order chi connectivity index (χ0) is 17.1. The Morgan fingerprint density at radius 1 is 1.35 bits per heavy atom. The molecule has 0 atom stereocenters. The lowest BCUT2D eigenvalue weighted by atomic mass is 10.0. The number of nitrogens with one attached hydrogen (secondary N) is 1. The van der Waals surface area contributed by atoms with E-state index in [9.17, 15) is 14.0 Å². The van der Waals surface area contributed by atoms with Crippen LogP contribution in [0.15, 0.2) is 29.5 Å². The van der Waals surface area contributed by atoms with Crippen molar-refractivity contribution in [1.29, 1.82) is 0 Å². The van der Waals surface area contributed by atoms with Gasteiger partial charge >= 0.3 is 5.97 Å². The van der Waals surface area contributed by atoms with Gasteiger partial charge in [-0.2, -0.15) is 0 Å². The van der Waals surface area contributed by atoms with Crippen molar-refractivity contribution in [3.8, 4) is 0 Å². The molecule has 0 amide bonds. The summed E-state index contributed by atoms with van der Waals surface area (Å²) in [5.41, 5.74) is 6.68. The first-order valence-corrected chi connectivity index (χ1v) is 8.15. The van der Waals surface area contributed by atoms with Gasteiger partial charge in [-0.1, -0.05) is 6.92 Å². The van der Waals surface area contributed by atoms with Gasteiger partial charge in [-0.15, -0.1) is 0 Å². The molecule has 1 aromatic carbocycles. The van der Waals surface area contributed by atoms with E-state index >= 15 is 0 Å². The average Bonchev–Trinajstić information content (AvgIpc) is 2.84. The zero-order valence-corrected chi connectivity index (χ0v) is 14.9. The monoisotopic (exact) mass is 430 g/mol. The Morgan fingerprint density at radius 2 is 2.04 bits per heavy atom. The van der Waals surface area contributed by atoms with E-state index in [-0.39, 0.29) is 41.6 Å². The van der Waals surface area contributed by atoms with E-state index in [0.717, 1.165) is 0 Å². The fourth-order valence-electron chi connectivity index (χ4n) is 2.24. The number of aromatic nitrogens is 1. The van der Waals surface area contributed by atoms with Crippen LogP contribution in [0.5, 0.6) is 0 Å². The summed E-state index contributed by atoms with van der Waals surface area (Å²) in [6.07, 6.45) is 0.281. The molecule has 0 spiro atoms. The molecule has 2 aromatic rings. The van der Waals surface area contributed by atoms with Crippen molar-refractivity contribution in [2.24, 2.45) is 5.73 Å². The summed E-state index contributed by atoms with van der Waals surface area (Å²) in [6.45, 7) is 3.57. The van der Waals surface area contributed by atoms with Gasteiger partial charge in [0.2, 0.25) is 5.78 Å². The van der Waals surface area contributed by atoms with Gasteiger partial charge in [0.1, 0.15) is 17.2 Å². The van der Waals surface area contributed by atoms with Crippen molar-refractivity contribution in [1.82, 2.24) is 4.98 Å². The normalized spacial score (nSPS) is 12.2. The smallest absolute Gasteiger partial charge is 0.354 e. The lowest BCUT2D eigenvalue weighted by Gasteiger charge is -2.08. The van der Waals surface area contributed by atoms with E-state index in [2.05, 4.69) is 4.98 Å². The van der Waals surface area contributed by atoms with Crippen LogP contribution in [0.2, 0.25) is 0 Å². The zero-order valence-electron chi connectivity index (χ0n) is 12.7. The summed E-state index contributed by atoms with van der Waals surface area (Å²) in [4.78, 5) is 27.5. The van der Waals surface area contributed by atoms with Crippen LogP contribution >= 0.6 is 22.6 Å². The van der Waals surface area contributed by atoms with Gasteiger partial charge in [-0.25, -0.2) is 9.18 Å². The molecule has 0 aliphatic carbocycles. The standard InChI is InChI=1S/C16H16FIN2O3/c1-3-9(13(19)16(22)23-4-2)15(21)14-12(18)10-7-8(17)5-6-11(10)20-14/h5-7,20H,3-4,19H2,1-2H3. The maximum Gasteiger partial charge on any atom is 0.354 e. The highest BCUT2D eigenvalue weighted by atomic mass is 127. The van der Waals surface area contributed by atoms with Crippen LogP contribution in [0.25, 0.3) is 10.9 Å². The molecule has 1 heterocycles. The van der Waals surface area contributed by atoms with Gasteiger partial charge in [0.15, 0.2) is 0 Å². The molecular weight excluding hydrogens is 414 g/mol. The number of ether oxygens (including phenoxy) is 1. The number of benzene rings is 1. The summed E-state index contributed by atoms with van der Waals surface area (Å²) in [5, 5.41) is 0.610. The van der Waals surface area contributed by atoms with E-state index < -0.39 is 5.97 Å². The third-order valence-electron chi connectivity index (χ3n) is 3.37. The number of hydrogen-bond donors (Lipinski definition) is 2. The Balaban J connectivity index is 2.52. The lowest BCUT2D eigenvalue weighted by Crippen LogP contribution is -2.21. The van der Waals surface area contributed by atoms with Crippen molar-refractivity contribution in [3.05, 3.63) is 44.6 Å². The number of halogens is 2. The third-order valence-corrected chi connectivity index (χ3v) is 4.49. The minimum Gasteiger partial charge on any atom is -0.461 e. The number of esters is 1. The van der Waals surface area contributed by atoms with E-state index in [4.69, 9.17) is 10.5 Å². The molecule has 7 heteroatoms. The predicted molar refractivity (Wildman–Crippen MR) is 93.4 cm³/mol. The molecule has 0 aliphatic rings. The summed E-state index contributed by atoms with van der Waals surface area (Å²) in [5.74, 6) is -1.49. The Kier molecular flexibility index (Phi) is 5.40. The van der Waals surface area contributed by atoms with Gasteiger partial charge < -0.3 is 15.5 Å². The number of H-pyrrole nitrogens is 1. The van der Waals surface area contributed by atoms with Gasteiger partial charge in [0.25, 0.3) is 0 Å². The summed E-state index contributed by atoms with van der Waals surface area (Å²) in [6, 6.07) is 4.23. The number of carbonyl (C=O) groups is 2. The van der Waals surface area contributed by atoms with Crippen molar-refractivity contribution in [2.75, 3.05) is 6.61 Å². The van der Waals surface area contributed by atoms with Crippen LogP contribution in [-0.4, -0.2) is 23.3 Å². The van der Waals surface area contributed by atoms with Gasteiger partial charge in [0, 0.05) is 20.0 Å². The number of rotatable bonds is 5. The van der Waals surface area contributed by atoms with Crippen LogP contribution in [0.1, 0.15) is 30.8 Å². The van der Waals surface area contributed by atoms with Crippen LogP contribution in [0.3, 0.4) is 0 Å². The lowest BCUT2D eigenvalue weighted by molar-refractivity contribution is -0.138. The van der Waals surface area contributed by atoms with E-state index in [1.165, 1.54) is 12.1 Å². The Bertz CT molecular complexity index is 811. The fraction of sp³-hybridized carbons (Fsp3) is 0.250. The Hall–Kier alpha value is -1.90. The highest BCUT2D eigenvalue weighted by molar-refractivity contribution is 14.1. The molecular formula is C16H16FIN2O3. The number of carbonyl (C=O) groups excluding carboxylic acids is 2. The van der Waals surface area contributed by atoms with Crippen molar-refractivity contribution >= 4 is 45.2 Å². The van der Waals surface area contributed by atoms with E-state index in [1.807, 2.05) is 22.6 Å². The topological polar surface area (TPSA) is 85.2 Å². The van der Waals surface area contributed by atoms with Gasteiger partial charge in [-0.05, 0) is 54.1 Å².